The Hall–Kier alpha value is -2.92. The second-order valence-electron chi connectivity index (χ2n) is 6.11. The predicted octanol–water partition coefficient (Wildman–Crippen LogP) is 4.24. The molecule has 0 unspecified atom stereocenters. The summed E-state index contributed by atoms with van der Waals surface area (Å²) in [7, 11) is 0. The zero-order valence-electron chi connectivity index (χ0n) is 14.4. The third kappa shape index (κ3) is 5.05. The number of hydrogen-bond donors (Lipinski definition) is 1. The summed E-state index contributed by atoms with van der Waals surface area (Å²) < 4.78 is 0.956. The first-order chi connectivity index (χ1) is 13.0. The van der Waals surface area contributed by atoms with E-state index in [0.29, 0.717) is 5.56 Å². The fraction of sp³-hybridized carbons (Fsp3) is 0.0909. The Bertz CT molecular complexity index is 922. The van der Waals surface area contributed by atoms with E-state index in [-0.39, 0.29) is 23.8 Å². The number of carboxylic acid groups (broad SMARTS) is 1. The molecule has 0 saturated carbocycles. The monoisotopic (exact) mass is 422 g/mol. The maximum absolute atomic E-state index is 12.7. The van der Waals surface area contributed by atoms with Gasteiger partial charge in [-0.2, -0.15) is 0 Å². The van der Waals surface area contributed by atoms with Crippen LogP contribution in [-0.4, -0.2) is 11.8 Å². The SMILES string of the molecule is O=C([O-])c1ccc(N[C@@H](CC(=O)c2ccccc2)c2ccc(Br)cc2)cc1. The van der Waals surface area contributed by atoms with E-state index in [9.17, 15) is 14.7 Å². The quantitative estimate of drug-likeness (QED) is 0.578. The Kier molecular flexibility index (Phi) is 6.04. The van der Waals surface area contributed by atoms with E-state index in [4.69, 9.17) is 0 Å². The standard InChI is InChI=1S/C22H18BrNO3/c23-18-10-6-15(7-11-18)20(14-21(25)16-4-2-1-3-5-16)24-19-12-8-17(9-13-19)22(26)27/h1-13,20,24H,14H2,(H,26,27)/p-1/t20-/m0/s1. The van der Waals surface area contributed by atoms with Crippen molar-refractivity contribution in [2.24, 2.45) is 0 Å². The summed E-state index contributed by atoms with van der Waals surface area (Å²) in [6.45, 7) is 0. The number of hydrogen-bond acceptors (Lipinski definition) is 4. The molecule has 0 aliphatic heterocycles. The van der Waals surface area contributed by atoms with Gasteiger partial charge < -0.3 is 15.2 Å². The molecule has 0 amide bonds. The van der Waals surface area contributed by atoms with Gasteiger partial charge in [-0.3, -0.25) is 4.79 Å². The van der Waals surface area contributed by atoms with Crippen molar-refractivity contribution >= 4 is 33.4 Å². The highest BCUT2D eigenvalue weighted by Gasteiger charge is 2.17. The number of carbonyl (C=O) groups excluding carboxylic acids is 2. The molecule has 3 rings (SSSR count). The molecular weight excluding hydrogens is 406 g/mol. The summed E-state index contributed by atoms with van der Waals surface area (Å²) >= 11 is 3.42. The lowest BCUT2D eigenvalue weighted by Gasteiger charge is -2.20. The van der Waals surface area contributed by atoms with Gasteiger partial charge in [-0.05, 0) is 35.4 Å². The minimum atomic E-state index is -1.22. The van der Waals surface area contributed by atoms with E-state index < -0.39 is 5.97 Å². The molecule has 0 radical (unpaired) electrons. The molecule has 0 aromatic heterocycles. The first-order valence-corrected chi connectivity index (χ1v) is 9.24. The van der Waals surface area contributed by atoms with Crippen LogP contribution in [0.4, 0.5) is 5.69 Å². The van der Waals surface area contributed by atoms with Crippen molar-refractivity contribution in [2.75, 3.05) is 5.32 Å². The number of rotatable bonds is 7. The Balaban J connectivity index is 1.84. The molecule has 3 aromatic carbocycles. The lowest BCUT2D eigenvalue weighted by molar-refractivity contribution is -0.255. The Morgan fingerprint density at radius 1 is 0.852 bits per heavy atom. The predicted molar refractivity (Wildman–Crippen MR) is 107 cm³/mol. The molecular formula is C22H17BrNO3-. The average molecular weight is 423 g/mol. The number of halogens is 1. The second-order valence-corrected chi connectivity index (χ2v) is 7.02. The van der Waals surface area contributed by atoms with Crippen molar-refractivity contribution in [3.05, 3.63) is 100 Å². The van der Waals surface area contributed by atoms with Gasteiger partial charge in [0.15, 0.2) is 5.78 Å². The van der Waals surface area contributed by atoms with Gasteiger partial charge >= 0.3 is 0 Å². The zero-order chi connectivity index (χ0) is 19.2. The van der Waals surface area contributed by atoms with Gasteiger partial charge in [0.2, 0.25) is 0 Å². The van der Waals surface area contributed by atoms with Crippen LogP contribution >= 0.6 is 15.9 Å². The summed E-state index contributed by atoms with van der Waals surface area (Å²) in [6, 6.07) is 23.0. The van der Waals surface area contributed by atoms with Crippen LogP contribution in [0.15, 0.2) is 83.3 Å². The van der Waals surface area contributed by atoms with Gasteiger partial charge in [-0.15, -0.1) is 0 Å². The smallest absolute Gasteiger partial charge is 0.165 e. The molecule has 136 valence electrons. The number of nitrogens with one attached hydrogen (secondary N) is 1. The largest absolute Gasteiger partial charge is 0.545 e. The van der Waals surface area contributed by atoms with Crippen LogP contribution in [0.1, 0.15) is 38.7 Å². The zero-order valence-corrected chi connectivity index (χ0v) is 16.0. The van der Waals surface area contributed by atoms with Crippen molar-refractivity contribution in [2.45, 2.75) is 12.5 Å². The first kappa shape index (κ1) is 18.9. The number of anilines is 1. The number of benzene rings is 3. The normalized spacial score (nSPS) is 11.6. The topological polar surface area (TPSA) is 69.2 Å². The van der Waals surface area contributed by atoms with Crippen LogP contribution in [0.5, 0.6) is 0 Å². The van der Waals surface area contributed by atoms with E-state index in [2.05, 4.69) is 21.2 Å². The molecule has 3 aromatic rings. The van der Waals surface area contributed by atoms with E-state index in [1.165, 1.54) is 12.1 Å². The Labute approximate surface area is 166 Å². The molecule has 5 heteroatoms. The molecule has 1 atom stereocenters. The fourth-order valence-corrected chi connectivity index (χ4v) is 3.04. The van der Waals surface area contributed by atoms with E-state index >= 15 is 0 Å². The van der Waals surface area contributed by atoms with E-state index in [1.54, 1.807) is 24.3 Å². The molecule has 4 nitrogen and oxygen atoms in total. The number of ketones is 1. The van der Waals surface area contributed by atoms with E-state index in [1.807, 2.05) is 42.5 Å². The van der Waals surface area contributed by atoms with Crippen molar-refractivity contribution < 1.29 is 14.7 Å². The minimum absolute atomic E-state index is 0.0300. The van der Waals surface area contributed by atoms with Crippen LogP contribution in [0.3, 0.4) is 0 Å². The number of carboxylic acids is 1. The maximum Gasteiger partial charge on any atom is 0.165 e. The van der Waals surface area contributed by atoms with Gasteiger partial charge in [0.1, 0.15) is 0 Å². The highest BCUT2D eigenvalue weighted by atomic mass is 79.9. The summed E-state index contributed by atoms with van der Waals surface area (Å²) in [4.78, 5) is 23.6. The van der Waals surface area contributed by atoms with Crippen molar-refractivity contribution in [1.29, 1.82) is 0 Å². The maximum atomic E-state index is 12.7. The molecule has 0 heterocycles. The lowest BCUT2D eigenvalue weighted by atomic mass is 9.97. The molecule has 0 fully saturated rings. The van der Waals surface area contributed by atoms with Crippen LogP contribution in [0, 0.1) is 0 Å². The van der Waals surface area contributed by atoms with Crippen molar-refractivity contribution in [1.82, 2.24) is 0 Å². The first-order valence-electron chi connectivity index (χ1n) is 8.44. The molecule has 1 N–H and O–H groups in total. The van der Waals surface area contributed by atoms with Crippen LogP contribution < -0.4 is 10.4 Å². The summed E-state index contributed by atoms with van der Waals surface area (Å²) in [6.07, 6.45) is 0.272. The van der Waals surface area contributed by atoms with Crippen molar-refractivity contribution in [3.8, 4) is 0 Å². The fourth-order valence-electron chi connectivity index (χ4n) is 2.78. The van der Waals surface area contributed by atoms with Crippen LogP contribution in [0.2, 0.25) is 0 Å². The van der Waals surface area contributed by atoms with Crippen LogP contribution in [0.25, 0.3) is 0 Å². The van der Waals surface area contributed by atoms with Gasteiger partial charge in [0, 0.05) is 22.1 Å². The molecule has 0 bridgehead atoms. The summed E-state index contributed by atoms with van der Waals surface area (Å²) in [5.41, 5.74) is 2.47. The molecule has 0 aliphatic carbocycles. The number of Topliss-reactive ketones (excluding diaryl/α,β-unsaturated/α-hetero) is 1. The summed E-state index contributed by atoms with van der Waals surface area (Å²) in [5, 5.41) is 14.2. The van der Waals surface area contributed by atoms with E-state index in [0.717, 1.165) is 15.7 Å². The molecule has 27 heavy (non-hydrogen) atoms. The average Bonchev–Trinajstić information content (AvgIpc) is 2.69. The Morgan fingerprint density at radius 3 is 2.07 bits per heavy atom. The number of aromatic carboxylic acids is 1. The van der Waals surface area contributed by atoms with Gasteiger partial charge in [0.25, 0.3) is 0 Å². The second kappa shape index (κ2) is 8.64. The highest BCUT2D eigenvalue weighted by molar-refractivity contribution is 9.10. The molecule has 0 spiro atoms. The van der Waals surface area contributed by atoms with Crippen molar-refractivity contribution in [3.63, 3.8) is 0 Å². The van der Waals surface area contributed by atoms with Crippen LogP contribution in [-0.2, 0) is 0 Å². The third-order valence-corrected chi connectivity index (χ3v) is 4.75. The molecule has 0 aliphatic rings. The number of carbonyl (C=O) groups is 2. The van der Waals surface area contributed by atoms with Gasteiger partial charge in [0.05, 0.1) is 12.0 Å². The lowest BCUT2D eigenvalue weighted by Crippen LogP contribution is -2.22. The van der Waals surface area contributed by atoms with Gasteiger partial charge in [-0.1, -0.05) is 70.5 Å². The Morgan fingerprint density at radius 2 is 1.48 bits per heavy atom. The summed E-state index contributed by atoms with van der Waals surface area (Å²) in [5.74, 6) is -1.19. The third-order valence-electron chi connectivity index (χ3n) is 4.22. The minimum Gasteiger partial charge on any atom is -0.545 e. The van der Waals surface area contributed by atoms with Gasteiger partial charge in [-0.25, -0.2) is 0 Å². The highest BCUT2D eigenvalue weighted by Crippen LogP contribution is 2.26. The molecule has 0 saturated heterocycles.